The van der Waals surface area contributed by atoms with Gasteiger partial charge in [-0.2, -0.15) is 5.26 Å². The van der Waals surface area contributed by atoms with Crippen molar-refractivity contribution in [2.24, 2.45) is 0 Å². The van der Waals surface area contributed by atoms with Gasteiger partial charge in [0.2, 0.25) is 0 Å². The van der Waals surface area contributed by atoms with Gasteiger partial charge in [0, 0.05) is 0 Å². The predicted octanol–water partition coefficient (Wildman–Crippen LogP) is 1.17. The maximum absolute atomic E-state index is 12.4. The molecule has 0 aromatic carbocycles. The molecule has 1 heterocycles. The van der Waals surface area contributed by atoms with E-state index in [4.69, 9.17) is 16.1 Å². The van der Waals surface area contributed by atoms with Crippen molar-refractivity contribution in [1.82, 2.24) is 4.98 Å². The van der Waals surface area contributed by atoms with Gasteiger partial charge >= 0.3 is 5.97 Å². The number of nitriles is 1. The van der Waals surface area contributed by atoms with Crippen LogP contribution in [0.1, 0.15) is 28.0 Å². The number of carboxylic acids is 1. The first-order valence-electron chi connectivity index (χ1n) is 3.69. The molecular weight excluding hydrogens is 208 g/mol. The van der Waals surface area contributed by atoms with Crippen molar-refractivity contribution in [2.45, 2.75) is 6.43 Å². The van der Waals surface area contributed by atoms with E-state index in [1.165, 1.54) is 6.07 Å². The van der Waals surface area contributed by atoms with Gasteiger partial charge in [0.15, 0.2) is 0 Å². The minimum atomic E-state index is -3.09. The Morgan fingerprint density at radius 1 is 1.67 bits per heavy atom. The van der Waals surface area contributed by atoms with Crippen LogP contribution in [0.4, 0.5) is 14.6 Å². The van der Waals surface area contributed by atoms with Gasteiger partial charge in [-0.1, -0.05) is 0 Å². The maximum Gasteiger partial charge on any atom is 0.339 e. The zero-order valence-electron chi connectivity index (χ0n) is 7.24. The molecule has 0 fully saturated rings. The van der Waals surface area contributed by atoms with Crippen LogP contribution in [0.25, 0.3) is 0 Å². The summed E-state index contributed by atoms with van der Waals surface area (Å²) < 4.78 is 24.8. The number of nitrogens with two attached hydrogens (primary N) is 1. The molecule has 78 valence electrons. The highest BCUT2D eigenvalue weighted by Gasteiger charge is 2.24. The number of aromatic carboxylic acids is 1. The largest absolute Gasteiger partial charge is 0.478 e. The van der Waals surface area contributed by atoms with E-state index in [1.807, 2.05) is 0 Å². The van der Waals surface area contributed by atoms with Crippen LogP contribution in [-0.4, -0.2) is 16.1 Å². The van der Waals surface area contributed by atoms with Crippen LogP contribution < -0.4 is 5.73 Å². The fourth-order valence-corrected chi connectivity index (χ4v) is 1.06. The number of aromatic nitrogens is 1. The highest BCUT2D eigenvalue weighted by atomic mass is 19.3. The van der Waals surface area contributed by atoms with Gasteiger partial charge in [0.1, 0.15) is 23.1 Å². The van der Waals surface area contributed by atoms with Crippen molar-refractivity contribution in [3.63, 3.8) is 0 Å². The summed E-state index contributed by atoms with van der Waals surface area (Å²) in [6.45, 7) is 0. The minimum absolute atomic E-state index is 0.313. The van der Waals surface area contributed by atoms with Gasteiger partial charge < -0.3 is 10.8 Å². The number of alkyl halides is 2. The van der Waals surface area contributed by atoms with Gasteiger partial charge in [-0.15, -0.1) is 0 Å². The summed E-state index contributed by atoms with van der Waals surface area (Å²) in [5.41, 5.74) is 2.94. The van der Waals surface area contributed by atoms with Crippen LogP contribution in [0.5, 0.6) is 0 Å². The molecule has 0 aliphatic rings. The Bertz CT molecular complexity index is 454. The van der Waals surface area contributed by atoms with E-state index < -0.39 is 29.2 Å². The smallest absolute Gasteiger partial charge is 0.339 e. The van der Waals surface area contributed by atoms with E-state index in [0.29, 0.717) is 0 Å². The molecule has 0 atom stereocenters. The lowest BCUT2D eigenvalue weighted by molar-refractivity contribution is 0.0682. The van der Waals surface area contributed by atoms with Gasteiger partial charge in [-0.25, -0.2) is 18.6 Å². The zero-order valence-corrected chi connectivity index (χ0v) is 7.24. The fourth-order valence-electron chi connectivity index (χ4n) is 1.06. The molecule has 1 aromatic rings. The summed E-state index contributed by atoms with van der Waals surface area (Å²) in [6, 6.07) is 2.42. The number of hydrogen-bond acceptors (Lipinski definition) is 4. The van der Waals surface area contributed by atoms with Crippen molar-refractivity contribution < 1.29 is 18.7 Å². The lowest BCUT2D eigenvalue weighted by Gasteiger charge is -2.06. The number of nitrogens with zero attached hydrogens (tertiary/aromatic N) is 2. The summed E-state index contributed by atoms with van der Waals surface area (Å²) in [6.07, 6.45) is -3.09. The number of pyridine rings is 1. The van der Waals surface area contributed by atoms with E-state index in [-0.39, 0.29) is 5.82 Å². The van der Waals surface area contributed by atoms with Crippen molar-refractivity contribution in [3.8, 4) is 6.07 Å². The lowest BCUT2D eigenvalue weighted by atomic mass is 10.1. The Morgan fingerprint density at radius 2 is 2.27 bits per heavy atom. The number of anilines is 1. The van der Waals surface area contributed by atoms with Crippen LogP contribution in [-0.2, 0) is 0 Å². The van der Waals surface area contributed by atoms with Gasteiger partial charge in [0.05, 0.1) is 5.56 Å². The molecule has 7 heteroatoms. The summed E-state index contributed by atoms with van der Waals surface area (Å²) in [5.74, 6) is -1.94. The molecule has 0 unspecified atom stereocenters. The molecule has 5 nitrogen and oxygen atoms in total. The first-order valence-corrected chi connectivity index (χ1v) is 3.69. The van der Waals surface area contributed by atoms with E-state index in [1.54, 1.807) is 0 Å². The van der Waals surface area contributed by atoms with Gasteiger partial charge in [-0.05, 0) is 6.07 Å². The summed E-state index contributed by atoms with van der Waals surface area (Å²) in [4.78, 5) is 13.9. The standard InChI is InChI=1S/C8H5F2N3O2/c9-7(10)6-5(8(14)15)3(2-11)1-4(12)13-6/h1,7H,(H2,12,13)(H,14,15). The number of rotatable bonds is 2. The fraction of sp³-hybridized carbons (Fsp3) is 0.125. The molecule has 0 spiro atoms. The number of nitrogen functional groups attached to an aromatic ring is 1. The Morgan fingerprint density at radius 3 is 2.67 bits per heavy atom. The molecule has 0 saturated carbocycles. The average Bonchev–Trinajstić information content (AvgIpc) is 2.15. The molecule has 0 bridgehead atoms. The molecule has 3 N–H and O–H groups in total. The Hall–Kier alpha value is -2.23. The van der Waals surface area contributed by atoms with E-state index >= 15 is 0 Å². The second-order valence-electron chi connectivity index (χ2n) is 2.57. The number of halogens is 2. The van der Waals surface area contributed by atoms with Gasteiger partial charge in [0.25, 0.3) is 6.43 Å². The molecule has 0 aliphatic heterocycles. The highest BCUT2D eigenvalue weighted by Crippen LogP contribution is 2.24. The van der Waals surface area contributed by atoms with Crippen molar-refractivity contribution >= 4 is 11.8 Å². The minimum Gasteiger partial charge on any atom is -0.478 e. The summed E-state index contributed by atoms with van der Waals surface area (Å²) in [5, 5.41) is 17.2. The average molecular weight is 213 g/mol. The van der Waals surface area contributed by atoms with Crippen LogP contribution in [0.3, 0.4) is 0 Å². The topological polar surface area (TPSA) is 100 Å². The molecule has 15 heavy (non-hydrogen) atoms. The second-order valence-corrected chi connectivity index (χ2v) is 2.57. The van der Waals surface area contributed by atoms with Crippen LogP contribution in [0, 0.1) is 11.3 Å². The van der Waals surface area contributed by atoms with Crippen LogP contribution in [0.15, 0.2) is 6.07 Å². The molecule has 0 saturated heterocycles. The second kappa shape index (κ2) is 3.88. The normalized spacial score (nSPS) is 10.0. The number of hydrogen-bond donors (Lipinski definition) is 2. The van der Waals surface area contributed by atoms with Gasteiger partial charge in [-0.3, -0.25) is 0 Å². The number of carboxylic acid groups (broad SMARTS) is 1. The van der Waals surface area contributed by atoms with Crippen molar-refractivity contribution in [1.29, 1.82) is 5.26 Å². The monoisotopic (exact) mass is 213 g/mol. The van der Waals surface area contributed by atoms with Crippen molar-refractivity contribution in [2.75, 3.05) is 5.73 Å². The number of carbonyl (C=O) groups is 1. The third-order valence-electron chi connectivity index (χ3n) is 1.61. The molecule has 0 radical (unpaired) electrons. The van der Waals surface area contributed by atoms with Crippen molar-refractivity contribution in [3.05, 3.63) is 22.9 Å². The SMILES string of the molecule is N#Cc1cc(N)nc(C(F)F)c1C(=O)O. The first-order chi connectivity index (χ1) is 6.97. The zero-order chi connectivity index (χ0) is 11.6. The molecule has 0 aliphatic carbocycles. The maximum atomic E-state index is 12.4. The molecule has 1 rings (SSSR count). The van der Waals surface area contributed by atoms with E-state index in [0.717, 1.165) is 6.07 Å². The van der Waals surface area contributed by atoms with E-state index in [9.17, 15) is 13.6 Å². The first kappa shape index (κ1) is 10.8. The summed E-state index contributed by atoms with van der Waals surface area (Å²) >= 11 is 0. The summed E-state index contributed by atoms with van der Waals surface area (Å²) in [7, 11) is 0. The van der Waals surface area contributed by atoms with E-state index in [2.05, 4.69) is 4.98 Å². The third-order valence-corrected chi connectivity index (χ3v) is 1.61. The predicted molar refractivity (Wildman–Crippen MR) is 45.3 cm³/mol. The Balaban J connectivity index is 3.56. The molecule has 1 aromatic heterocycles. The Kier molecular flexibility index (Phi) is 2.80. The molecule has 0 amide bonds. The highest BCUT2D eigenvalue weighted by molar-refractivity contribution is 5.92. The van der Waals surface area contributed by atoms with Crippen LogP contribution >= 0.6 is 0 Å². The lowest BCUT2D eigenvalue weighted by Crippen LogP contribution is -2.10. The quantitative estimate of drug-likeness (QED) is 0.767. The Labute approximate surface area is 82.8 Å². The third kappa shape index (κ3) is 1.99. The molecular formula is C8H5F2N3O2. The van der Waals surface area contributed by atoms with Crippen LogP contribution in [0.2, 0.25) is 0 Å².